The first-order chi connectivity index (χ1) is 8.20. The summed E-state index contributed by atoms with van der Waals surface area (Å²) in [6.07, 6.45) is 4.73. The minimum absolute atomic E-state index is 0.0750. The highest BCUT2D eigenvalue weighted by molar-refractivity contribution is 5.92. The maximum Gasteiger partial charge on any atom is 0.371 e. The van der Waals surface area contributed by atoms with Crippen LogP contribution in [0.1, 0.15) is 22.5 Å². The van der Waals surface area contributed by atoms with Crippen LogP contribution in [0.2, 0.25) is 0 Å². The number of fused-ring (bicyclic) bond motifs is 1. The van der Waals surface area contributed by atoms with Crippen LogP contribution in [0.15, 0.2) is 34.8 Å². The molecule has 4 heteroatoms. The van der Waals surface area contributed by atoms with Gasteiger partial charge in [0.05, 0.1) is 0 Å². The number of furan rings is 1. The van der Waals surface area contributed by atoms with Gasteiger partial charge in [-0.2, -0.15) is 0 Å². The van der Waals surface area contributed by atoms with E-state index in [1.54, 1.807) is 24.3 Å². The molecule has 1 aromatic carbocycles. The van der Waals surface area contributed by atoms with Gasteiger partial charge < -0.3 is 14.3 Å². The van der Waals surface area contributed by atoms with E-state index in [4.69, 9.17) is 9.52 Å². The Morgan fingerprint density at radius 2 is 2.18 bits per heavy atom. The summed E-state index contributed by atoms with van der Waals surface area (Å²) in [6.45, 7) is 0. The van der Waals surface area contributed by atoms with Crippen molar-refractivity contribution < 1.29 is 19.1 Å². The van der Waals surface area contributed by atoms with Crippen molar-refractivity contribution in [1.82, 2.24) is 0 Å². The zero-order chi connectivity index (χ0) is 12.3. The van der Waals surface area contributed by atoms with Gasteiger partial charge in [-0.05, 0) is 23.8 Å². The lowest BCUT2D eigenvalue weighted by Crippen LogP contribution is -1.91. The monoisotopic (exact) mass is 230 g/mol. The molecule has 0 aliphatic carbocycles. The maximum absolute atomic E-state index is 10.7. The second-order valence-corrected chi connectivity index (χ2v) is 3.52. The van der Waals surface area contributed by atoms with Crippen molar-refractivity contribution >= 4 is 29.3 Å². The number of carbonyl (C=O) groups is 2. The number of carboxylic acid groups (broad SMARTS) is 1. The van der Waals surface area contributed by atoms with Crippen LogP contribution in [0, 0.1) is 0 Å². The van der Waals surface area contributed by atoms with Crippen LogP contribution >= 0.6 is 0 Å². The zero-order valence-electron chi connectivity index (χ0n) is 8.92. The van der Waals surface area contributed by atoms with Gasteiger partial charge in [-0.25, -0.2) is 4.79 Å². The van der Waals surface area contributed by atoms with E-state index in [0.29, 0.717) is 12.0 Å². The lowest BCUT2D eigenvalue weighted by atomic mass is 10.1. The number of aromatic carboxylic acids is 1. The van der Waals surface area contributed by atoms with Crippen LogP contribution < -0.4 is 0 Å². The van der Waals surface area contributed by atoms with Gasteiger partial charge in [0, 0.05) is 11.8 Å². The summed E-state index contributed by atoms with van der Waals surface area (Å²) in [5, 5.41) is 9.51. The van der Waals surface area contributed by atoms with Gasteiger partial charge in [-0.1, -0.05) is 18.2 Å². The third-order valence-electron chi connectivity index (χ3n) is 2.29. The highest BCUT2D eigenvalue weighted by Gasteiger charge is 2.09. The van der Waals surface area contributed by atoms with E-state index in [0.717, 1.165) is 17.2 Å². The molecule has 2 rings (SSSR count). The van der Waals surface area contributed by atoms with Gasteiger partial charge in [0.25, 0.3) is 0 Å². The van der Waals surface area contributed by atoms with Crippen molar-refractivity contribution in [3.63, 3.8) is 0 Å². The molecule has 0 saturated carbocycles. The fourth-order valence-electron chi connectivity index (χ4n) is 1.53. The zero-order valence-corrected chi connectivity index (χ0v) is 8.92. The molecule has 0 atom stereocenters. The van der Waals surface area contributed by atoms with E-state index >= 15 is 0 Å². The number of aldehydes is 1. The first-order valence-electron chi connectivity index (χ1n) is 5.08. The Balaban J connectivity index is 2.36. The molecule has 17 heavy (non-hydrogen) atoms. The number of carboxylic acids is 1. The minimum Gasteiger partial charge on any atom is -0.475 e. The molecule has 0 unspecified atom stereocenters. The molecule has 0 aliphatic heterocycles. The normalized spacial score (nSPS) is 11.1. The van der Waals surface area contributed by atoms with Crippen LogP contribution in [0.4, 0.5) is 0 Å². The number of allylic oxidation sites excluding steroid dienone is 1. The Hall–Kier alpha value is -2.36. The minimum atomic E-state index is -1.08. The van der Waals surface area contributed by atoms with Gasteiger partial charge in [-0.15, -0.1) is 0 Å². The standard InChI is InChI=1S/C13H10O4/c14-6-2-1-3-9-4-5-11-10(7-9)8-12(17-11)13(15)16/h1,3-8H,2H2,(H,15,16). The van der Waals surface area contributed by atoms with Crippen LogP contribution in [-0.4, -0.2) is 17.4 Å². The van der Waals surface area contributed by atoms with Crippen LogP contribution in [0.3, 0.4) is 0 Å². The number of hydrogen-bond donors (Lipinski definition) is 1. The van der Waals surface area contributed by atoms with Gasteiger partial charge in [0.1, 0.15) is 11.9 Å². The van der Waals surface area contributed by atoms with Crippen LogP contribution in [0.25, 0.3) is 17.0 Å². The smallest absolute Gasteiger partial charge is 0.371 e. The Bertz CT molecular complexity index is 592. The van der Waals surface area contributed by atoms with E-state index in [1.165, 1.54) is 6.07 Å². The Labute approximate surface area is 97.2 Å². The summed E-state index contributed by atoms with van der Waals surface area (Å²) in [7, 11) is 0. The fourth-order valence-corrected chi connectivity index (χ4v) is 1.53. The Kier molecular flexibility index (Phi) is 3.05. The average molecular weight is 230 g/mol. The van der Waals surface area contributed by atoms with Crippen molar-refractivity contribution in [2.75, 3.05) is 0 Å². The van der Waals surface area contributed by atoms with E-state index in [2.05, 4.69) is 0 Å². The van der Waals surface area contributed by atoms with Crippen molar-refractivity contribution in [3.05, 3.63) is 41.7 Å². The maximum atomic E-state index is 10.7. The third-order valence-corrected chi connectivity index (χ3v) is 2.29. The van der Waals surface area contributed by atoms with Crippen molar-refractivity contribution in [1.29, 1.82) is 0 Å². The molecule has 1 aromatic heterocycles. The molecule has 1 N–H and O–H groups in total. The van der Waals surface area contributed by atoms with Gasteiger partial charge >= 0.3 is 5.97 Å². The quantitative estimate of drug-likeness (QED) is 0.820. The van der Waals surface area contributed by atoms with Gasteiger partial charge in [-0.3, -0.25) is 0 Å². The molecule has 1 heterocycles. The first-order valence-corrected chi connectivity index (χ1v) is 5.08. The molecule has 2 aromatic rings. The van der Waals surface area contributed by atoms with E-state index in [1.807, 2.05) is 6.07 Å². The highest BCUT2D eigenvalue weighted by Crippen LogP contribution is 2.21. The number of carbonyl (C=O) groups excluding carboxylic acids is 1. The van der Waals surface area contributed by atoms with Gasteiger partial charge in [0.2, 0.25) is 5.76 Å². The molecule has 0 fully saturated rings. The van der Waals surface area contributed by atoms with Crippen molar-refractivity contribution in [3.8, 4) is 0 Å². The predicted molar refractivity (Wildman–Crippen MR) is 62.9 cm³/mol. The van der Waals surface area contributed by atoms with Crippen molar-refractivity contribution in [2.45, 2.75) is 6.42 Å². The molecule has 0 saturated heterocycles. The SMILES string of the molecule is O=CCC=Cc1ccc2oc(C(=O)O)cc2c1. The summed E-state index contributed by atoms with van der Waals surface area (Å²) in [4.78, 5) is 20.9. The molecule has 4 nitrogen and oxygen atoms in total. The molecule has 0 amide bonds. The van der Waals surface area contributed by atoms with Crippen LogP contribution in [-0.2, 0) is 4.79 Å². The Morgan fingerprint density at radius 3 is 2.88 bits per heavy atom. The summed E-state index contributed by atoms with van der Waals surface area (Å²) in [5.41, 5.74) is 1.44. The summed E-state index contributed by atoms with van der Waals surface area (Å²) >= 11 is 0. The molecule has 0 spiro atoms. The lowest BCUT2D eigenvalue weighted by Gasteiger charge is -1.92. The van der Waals surface area contributed by atoms with Gasteiger partial charge in [0.15, 0.2) is 0 Å². The molecule has 0 radical (unpaired) electrons. The fraction of sp³-hybridized carbons (Fsp3) is 0.0769. The molecular weight excluding hydrogens is 220 g/mol. The predicted octanol–water partition coefficient (Wildman–Crippen LogP) is 2.73. The first kappa shape index (κ1) is 11.1. The Morgan fingerprint density at radius 1 is 1.35 bits per heavy atom. The molecule has 0 aliphatic rings. The van der Waals surface area contributed by atoms with E-state index in [-0.39, 0.29) is 5.76 Å². The highest BCUT2D eigenvalue weighted by atomic mass is 16.4. The summed E-state index contributed by atoms with van der Waals surface area (Å²) in [6, 6.07) is 6.81. The van der Waals surface area contributed by atoms with Crippen molar-refractivity contribution in [2.24, 2.45) is 0 Å². The second-order valence-electron chi connectivity index (χ2n) is 3.52. The van der Waals surface area contributed by atoms with E-state index in [9.17, 15) is 9.59 Å². The largest absolute Gasteiger partial charge is 0.475 e. The molecular formula is C13H10O4. The van der Waals surface area contributed by atoms with Crippen LogP contribution in [0.5, 0.6) is 0 Å². The summed E-state index contributed by atoms with van der Waals surface area (Å²) < 4.78 is 5.13. The van der Waals surface area contributed by atoms with E-state index < -0.39 is 5.97 Å². The molecule has 0 bridgehead atoms. The third kappa shape index (κ3) is 2.42. The molecule has 86 valence electrons. The number of hydrogen-bond acceptors (Lipinski definition) is 3. The number of rotatable bonds is 4. The average Bonchev–Trinajstić information content (AvgIpc) is 2.72. The lowest BCUT2D eigenvalue weighted by molar-refractivity contribution is -0.107. The topological polar surface area (TPSA) is 67.5 Å². The number of benzene rings is 1. The second kappa shape index (κ2) is 4.65. The summed E-state index contributed by atoms with van der Waals surface area (Å²) in [5.74, 6) is -1.16.